The van der Waals surface area contributed by atoms with E-state index in [2.05, 4.69) is 32.0 Å². The molecule has 3 aliphatic rings. The van der Waals surface area contributed by atoms with Crippen LogP contribution in [0.1, 0.15) is 114 Å². The molecule has 29 heavy (non-hydrogen) atoms. The maximum absolute atomic E-state index is 6.27. The molecule has 5 unspecified atom stereocenters. The van der Waals surface area contributed by atoms with Crippen LogP contribution in [0.4, 0.5) is 0 Å². The van der Waals surface area contributed by atoms with Crippen LogP contribution in [0.25, 0.3) is 0 Å². The topological polar surface area (TPSA) is 9.23 Å². The number of rotatable bonds is 8. The highest BCUT2D eigenvalue weighted by atomic mass is 16.5. The summed E-state index contributed by atoms with van der Waals surface area (Å²) >= 11 is 0. The van der Waals surface area contributed by atoms with Crippen LogP contribution in [-0.4, -0.2) is 12.7 Å². The summed E-state index contributed by atoms with van der Waals surface area (Å²) in [7, 11) is 0. The average Bonchev–Trinajstić information content (AvgIpc) is 2.77. The van der Waals surface area contributed by atoms with Crippen molar-refractivity contribution in [1.82, 2.24) is 0 Å². The summed E-state index contributed by atoms with van der Waals surface area (Å²) < 4.78 is 6.27. The fraction of sp³-hybridized carbons (Fsp3) is 0.786. The lowest BCUT2D eigenvalue weighted by Crippen LogP contribution is -2.34. The van der Waals surface area contributed by atoms with E-state index in [9.17, 15) is 0 Å². The number of unbranched alkanes of at least 4 members (excludes halogenated alkanes) is 3. The molecular formula is C28H44O. The normalized spacial score (nSPS) is 31.9. The quantitative estimate of drug-likeness (QED) is 0.406. The van der Waals surface area contributed by atoms with Crippen LogP contribution in [-0.2, 0) is 17.6 Å². The van der Waals surface area contributed by atoms with Crippen LogP contribution in [0.15, 0.2) is 18.2 Å². The highest BCUT2D eigenvalue weighted by Crippen LogP contribution is 2.47. The van der Waals surface area contributed by atoms with Gasteiger partial charge in [0.15, 0.2) is 0 Å². The van der Waals surface area contributed by atoms with Gasteiger partial charge in [-0.05, 0) is 105 Å². The lowest BCUT2D eigenvalue weighted by molar-refractivity contribution is -0.0163. The van der Waals surface area contributed by atoms with Crippen molar-refractivity contribution in [2.75, 3.05) is 6.61 Å². The van der Waals surface area contributed by atoms with Crippen LogP contribution in [0.5, 0.6) is 0 Å². The molecule has 0 radical (unpaired) electrons. The molecule has 4 rings (SSSR count). The van der Waals surface area contributed by atoms with E-state index in [1.54, 1.807) is 16.7 Å². The Morgan fingerprint density at radius 3 is 2.59 bits per heavy atom. The highest BCUT2D eigenvalue weighted by molar-refractivity contribution is 5.36. The number of hydrogen-bond donors (Lipinski definition) is 0. The Balaban J connectivity index is 1.27. The van der Waals surface area contributed by atoms with Gasteiger partial charge in [0, 0.05) is 6.61 Å². The van der Waals surface area contributed by atoms with Crippen molar-refractivity contribution in [3.8, 4) is 0 Å². The summed E-state index contributed by atoms with van der Waals surface area (Å²) in [5.41, 5.74) is 4.98. The Kier molecular flexibility index (Phi) is 7.73. The molecule has 0 aliphatic heterocycles. The fourth-order valence-electron chi connectivity index (χ4n) is 6.53. The Hall–Kier alpha value is -0.820. The molecule has 2 fully saturated rings. The van der Waals surface area contributed by atoms with Crippen molar-refractivity contribution < 1.29 is 4.74 Å². The van der Waals surface area contributed by atoms with E-state index in [1.165, 1.54) is 89.9 Å². The molecule has 1 nitrogen and oxygen atoms in total. The second kappa shape index (κ2) is 10.5. The third-order valence-corrected chi connectivity index (χ3v) is 8.53. The maximum Gasteiger partial charge on any atom is 0.0578 e. The van der Waals surface area contributed by atoms with Gasteiger partial charge >= 0.3 is 0 Å². The lowest BCUT2D eigenvalue weighted by Gasteiger charge is -2.42. The molecule has 162 valence electrons. The zero-order valence-corrected chi connectivity index (χ0v) is 19.1. The number of benzene rings is 1. The largest absolute Gasteiger partial charge is 0.378 e. The maximum atomic E-state index is 6.27. The van der Waals surface area contributed by atoms with Crippen molar-refractivity contribution in [2.24, 2.45) is 17.8 Å². The third kappa shape index (κ3) is 5.46. The number of aryl methyl sites for hydroxylation is 1. The number of fused-ring (bicyclic) bond motifs is 2. The number of hydrogen-bond acceptors (Lipinski definition) is 1. The molecule has 1 heteroatoms. The second-order valence-corrected chi connectivity index (χ2v) is 10.4. The molecular weight excluding hydrogens is 352 g/mol. The van der Waals surface area contributed by atoms with Gasteiger partial charge in [0.25, 0.3) is 0 Å². The minimum Gasteiger partial charge on any atom is -0.378 e. The van der Waals surface area contributed by atoms with Crippen molar-refractivity contribution in [3.63, 3.8) is 0 Å². The van der Waals surface area contributed by atoms with E-state index in [1.807, 2.05) is 0 Å². The predicted octanol–water partition coefficient (Wildman–Crippen LogP) is 7.85. The standard InChI is InChI=1S/C28H44O/c1-3-5-6-7-16-29-28-15-14-26-19-25(12-13-27(26)20-28)24-11-10-22-17-21(4-2)8-9-23(22)18-24/h10-11,18,21,25-28H,3-9,12-17,19-20H2,1-2H3. The second-order valence-electron chi connectivity index (χ2n) is 10.4. The molecule has 3 aliphatic carbocycles. The summed E-state index contributed by atoms with van der Waals surface area (Å²) in [5.74, 6) is 3.63. The Morgan fingerprint density at radius 2 is 1.72 bits per heavy atom. The van der Waals surface area contributed by atoms with Gasteiger partial charge in [0.05, 0.1) is 6.10 Å². The zero-order valence-electron chi connectivity index (χ0n) is 19.1. The first-order valence-electron chi connectivity index (χ1n) is 13.0. The van der Waals surface area contributed by atoms with Crippen molar-refractivity contribution in [2.45, 2.75) is 116 Å². The molecule has 0 N–H and O–H groups in total. The summed E-state index contributed by atoms with van der Waals surface area (Å²) in [6.45, 7) is 5.64. The van der Waals surface area contributed by atoms with Crippen LogP contribution < -0.4 is 0 Å². The van der Waals surface area contributed by atoms with E-state index >= 15 is 0 Å². The summed E-state index contributed by atoms with van der Waals surface area (Å²) in [4.78, 5) is 0. The molecule has 0 bridgehead atoms. The molecule has 0 spiro atoms. The molecule has 5 atom stereocenters. The summed E-state index contributed by atoms with van der Waals surface area (Å²) in [6.07, 6.45) is 19.6. The summed E-state index contributed by atoms with van der Waals surface area (Å²) in [6, 6.07) is 7.59. The van der Waals surface area contributed by atoms with Crippen LogP contribution in [0.2, 0.25) is 0 Å². The van der Waals surface area contributed by atoms with E-state index in [4.69, 9.17) is 4.74 Å². The molecule has 0 aromatic heterocycles. The van der Waals surface area contributed by atoms with Crippen LogP contribution >= 0.6 is 0 Å². The van der Waals surface area contributed by atoms with Gasteiger partial charge < -0.3 is 4.74 Å². The van der Waals surface area contributed by atoms with Gasteiger partial charge in [-0.1, -0.05) is 57.7 Å². The smallest absolute Gasteiger partial charge is 0.0578 e. The van der Waals surface area contributed by atoms with Gasteiger partial charge in [-0.3, -0.25) is 0 Å². The monoisotopic (exact) mass is 396 g/mol. The zero-order chi connectivity index (χ0) is 20.1. The molecule has 1 aromatic rings. The fourth-order valence-corrected chi connectivity index (χ4v) is 6.53. The first-order valence-corrected chi connectivity index (χ1v) is 13.0. The molecule has 2 saturated carbocycles. The van der Waals surface area contributed by atoms with Gasteiger partial charge in [-0.2, -0.15) is 0 Å². The molecule has 0 saturated heterocycles. The van der Waals surface area contributed by atoms with E-state index < -0.39 is 0 Å². The summed E-state index contributed by atoms with van der Waals surface area (Å²) in [5, 5.41) is 0. The minimum atomic E-state index is 0.560. The Morgan fingerprint density at radius 1 is 0.862 bits per heavy atom. The molecule has 1 aromatic carbocycles. The number of ether oxygens (including phenoxy) is 1. The van der Waals surface area contributed by atoms with Crippen molar-refractivity contribution in [3.05, 3.63) is 34.9 Å². The first-order chi connectivity index (χ1) is 14.3. The van der Waals surface area contributed by atoms with Gasteiger partial charge in [-0.25, -0.2) is 0 Å². The predicted molar refractivity (Wildman–Crippen MR) is 124 cm³/mol. The van der Waals surface area contributed by atoms with Gasteiger partial charge in [0.1, 0.15) is 0 Å². The van der Waals surface area contributed by atoms with Crippen LogP contribution in [0.3, 0.4) is 0 Å². The third-order valence-electron chi connectivity index (χ3n) is 8.53. The minimum absolute atomic E-state index is 0.560. The van der Waals surface area contributed by atoms with E-state index in [-0.39, 0.29) is 0 Å². The van der Waals surface area contributed by atoms with E-state index in [0.29, 0.717) is 6.10 Å². The molecule has 0 heterocycles. The molecule has 0 amide bonds. The first kappa shape index (κ1) is 21.4. The van der Waals surface area contributed by atoms with E-state index in [0.717, 1.165) is 30.3 Å². The lowest BCUT2D eigenvalue weighted by atomic mass is 9.65. The van der Waals surface area contributed by atoms with Crippen LogP contribution in [0, 0.1) is 17.8 Å². The Labute approximate surface area is 180 Å². The van der Waals surface area contributed by atoms with Crippen molar-refractivity contribution >= 4 is 0 Å². The SMILES string of the molecule is CCCCCCOC1CCC2CC(c3ccc4c(c3)CCC(CC)C4)CCC2C1. The average molecular weight is 397 g/mol. The van der Waals surface area contributed by atoms with Crippen molar-refractivity contribution in [1.29, 1.82) is 0 Å². The van der Waals surface area contributed by atoms with Gasteiger partial charge in [0.2, 0.25) is 0 Å². The highest BCUT2D eigenvalue weighted by Gasteiger charge is 2.36. The van der Waals surface area contributed by atoms with Gasteiger partial charge in [-0.15, -0.1) is 0 Å². The Bertz CT molecular complexity index is 635.